The second-order valence-electron chi connectivity index (χ2n) is 2.62. The summed E-state index contributed by atoms with van der Waals surface area (Å²) in [6.07, 6.45) is 13.2. The van der Waals surface area contributed by atoms with E-state index in [4.69, 9.17) is 6.42 Å². The van der Waals surface area contributed by atoms with Crippen molar-refractivity contribution in [2.45, 2.75) is 32.1 Å². The van der Waals surface area contributed by atoms with Crippen LogP contribution >= 0.6 is 0 Å². The van der Waals surface area contributed by atoms with Gasteiger partial charge in [-0.1, -0.05) is 12.3 Å². The summed E-state index contributed by atoms with van der Waals surface area (Å²) >= 11 is 0. The molecule has 1 fully saturated rings. The number of hydrogen-bond donors (Lipinski definition) is 0. The molecule has 0 nitrogen and oxygen atoms in total. The summed E-state index contributed by atoms with van der Waals surface area (Å²) in [5.41, 5.74) is 4.53. The maximum atomic E-state index is 5.06. The van der Waals surface area contributed by atoms with Gasteiger partial charge >= 0.3 is 0 Å². The summed E-state index contributed by atoms with van der Waals surface area (Å²) in [6.45, 7) is 0. The van der Waals surface area contributed by atoms with E-state index >= 15 is 0 Å². The van der Waals surface area contributed by atoms with Crippen molar-refractivity contribution in [1.82, 2.24) is 0 Å². The molecule has 0 aromatic carbocycles. The third-order valence-electron chi connectivity index (χ3n) is 1.82. The van der Waals surface area contributed by atoms with Gasteiger partial charge in [0, 0.05) is 6.08 Å². The van der Waals surface area contributed by atoms with Crippen molar-refractivity contribution in [2.24, 2.45) is 0 Å². The minimum Gasteiger partial charge on any atom is -0.115 e. The van der Waals surface area contributed by atoms with E-state index in [0.717, 1.165) is 0 Å². The molecule has 0 amide bonds. The van der Waals surface area contributed by atoms with Gasteiger partial charge in [-0.25, -0.2) is 0 Å². The van der Waals surface area contributed by atoms with Crippen LogP contribution in [0.15, 0.2) is 17.4 Å². The fraction of sp³-hybridized carbons (Fsp3) is 0.500. The second-order valence-corrected chi connectivity index (χ2v) is 2.62. The third-order valence-corrected chi connectivity index (χ3v) is 1.82. The Balaban J connectivity index is 2.55. The predicted molar refractivity (Wildman–Crippen MR) is 43.5 cm³/mol. The standard InChI is InChI=1S/C10H12/c1-2-3-7-10-8-5-4-6-9-10/h1,3H,4-6,8-9H2. The van der Waals surface area contributed by atoms with E-state index in [9.17, 15) is 0 Å². The van der Waals surface area contributed by atoms with Crippen molar-refractivity contribution in [3.05, 3.63) is 17.4 Å². The first-order chi connectivity index (χ1) is 4.93. The zero-order chi connectivity index (χ0) is 7.23. The Morgan fingerprint density at radius 2 is 1.90 bits per heavy atom. The highest BCUT2D eigenvalue weighted by atomic mass is 14.1. The molecule has 0 N–H and O–H groups in total. The molecular weight excluding hydrogens is 120 g/mol. The van der Waals surface area contributed by atoms with Gasteiger partial charge in [0.2, 0.25) is 0 Å². The van der Waals surface area contributed by atoms with Gasteiger partial charge in [-0.3, -0.25) is 0 Å². The number of rotatable bonds is 0. The van der Waals surface area contributed by atoms with E-state index in [1.54, 1.807) is 6.08 Å². The van der Waals surface area contributed by atoms with Crippen molar-refractivity contribution in [3.8, 4) is 12.3 Å². The highest BCUT2D eigenvalue weighted by Crippen LogP contribution is 2.21. The smallest absolute Gasteiger partial charge is 0.0298 e. The van der Waals surface area contributed by atoms with Crippen molar-refractivity contribution in [3.63, 3.8) is 0 Å². The molecule has 0 bridgehead atoms. The minimum absolute atomic E-state index is 1.21. The first-order valence-electron chi connectivity index (χ1n) is 3.82. The predicted octanol–water partition coefficient (Wildman–Crippen LogP) is 2.67. The summed E-state index contributed by atoms with van der Waals surface area (Å²) in [6, 6.07) is 0. The molecule has 1 saturated carbocycles. The van der Waals surface area contributed by atoms with Crippen LogP contribution in [0.2, 0.25) is 0 Å². The number of allylic oxidation sites excluding steroid dienone is 1. The van der Waals surface area contributed by atoms with E-state index in [1.807, 2.05) is 0 Å². The van der Waals surface area contributed by atoms with Gasteiger partial charge in [-0.2, -0.15) is 0 Å². The highest BCUT2D eigenvalue weighted by molar-refractivity contribution is 5.13. The zero-order valence-corrected chi connectivity index (χ0v) is 6.19. The Kier molecular flexibility index (Phi) is 2.87. The Labute approximate surface area is 62.6 Å². The van der Waals surface area contributed by atoms with Crippen LogP contribution in [0.4, 0.5) is 0 Å². The second kappa shape index (κ2) is 3.99. The third kappa shape index (κ3) is 2.13. The summed E-state index contributed by atoms with van der Waals surface area (Å²) < 4.78 is 0. The van der Waals surface area contributed by atoms with E-state index in [1.165, 1.54) is 37.7 Å². The van der Waals surface area contributed by atoms with Crippen LogP contribution in [0.3, 0.4) is 0 Å². The van der Waals surface area contributed by atoms with Crippen molar-refractivity contribution in [2.75, 3.05) is 0 Å². The van der Waals surface area contributed by atoms with Crippen LogP contribution in [-0.4, -0.2) is 0 Å². The Bertz CT molecular complexity index is 189. The molecule has 1 rings (SSSR count). The Hall–Kier alpha value is -0.920. The molecule has 0 atom stereocenters. The average Bonchev–Trinajstić information content (AvgIpc) is 2.03. The molecule has 1 aliphatic carbocycles. The molecule has 0 aliphatic heterocycles. The van der Waals surface area contributed by atoms with E-state index in [-0.39, 0.29) is 0 Å². The van der Waals surface area contributed by atoms with Crippen LogP contribution in [0.1, 0.15) is 32.1 Å². The topological polar surface area (TPSA) is 0 Å². The summed E-state index contributed by atoms with van der Waals surface area (Å²) in [4.78, 5) is 0. The maximum Gasteiger partial charge on any atom is 0.0298 e. The molecule has 0 saturated heterocycles. The van der Waals surface area contributed by atoms with Crippen LogP contribution in [0.25, 0.3) is 0 Å². The average molecular weight is 132 g/mol. The highest BCUT2D eigenvalue weighted by Gasteiger charge is 2.02. The van der Waals surface area contributed by atoms with Crippen LogP contribution in [0.5, 0.6) is 0 Å². The Morgan fingerprint density at radius 3 is 2.50 bits per heavy atom. The van der Waals surface area contributed by atoms with Crippen molar-refractivity contribution in [1.29, 1.82) is 0 Å². The lowest BCUT2D eigenvalue weighted by atomic mass is 9.96. The molecule has 52 valence electrons. The molecular formula is C10H12. The Morgan fingerprint density at radius 1 is 1.20 bits per heavy atom. The van der Waals surface area contributed by atoms with Crippen molar-refractivity contribution >= 4 is 0 Å². The monoisotopic (exact) mass is 132 g/mol. The minimum atomic E-state index is 1.21. The van der Waals surface area contributed by atoms with E-state index < -0.39 is 0 Å². The summed E-state index contributed by atoms with van der Waals surface area (Å²) in [7, 11) is 0. The van der Waals surface area contributed by atoms with Gasteiger partial charge in [-0.15, -0.1) is 12.2 Å². The number of terminal acetylenes is 1. The molecule has 0 aromatic rings. The summed E-state index contributed by atoms with van der Waals surface area (Å²) in [5.74, 6) is 2.46. The molecule has 10 heavy (non-hydrogen) atoms. The zero-order valence-electron chi connectivity index (χ0n) is 6.19. The van der Waals surface area contributed by atoms with Gasteiger partial charge in [0.15, 0.2) is 0 Å². The first kappa shape index (κ1) is 7.19. The van der Waals surface area contributed by atoms with E-state index in [2.05, 4.69) is 11.7 Å². The van der Waals surface area contributed by atoms with Crippen LogP contribution in [-0.2, 0) is 0 Å². The SMILES string of the molecule is C#CC=C=C1CCCCC1. The largest absolute Gasteiger partial charge is 0.115 e. The number of hydrogen-bond acceptors (Lipinski definition) is 0. The fourth-order valence-electron chi connectivity index (χ4n) is 1.27. The molecule has 0 unspecified atom stereocenters. The van der Waals surface area contributed by atoms with Crippen LogP contribution < -0.4 is 0 Å². The normalized spacial score (nSPS) is 17.3. The quantitative estimate of drug-likeness (QED) is 0.351. The molecule has 0 radical (unpaired) electrons. The molecule has 0 spiro atoms. The molecule has 1 aliphatic rings. The van der Waals surface area contributed by atoms with Gasteiger partial charge in [0.1, 0.15) is 0 Å². The van der Waals surface area contributed by atoms with Gasteiger partial charge < -0.3 is 0 Å². The van der Waals surface area contributed by atoms with Gasteiger partial charge in [0.05, 0.1) is 0 Å². The van der Waals surface area contributed by atoms with Crippen molar-refractivity contribution < 1.29 is 0 Å². The first-order valence-corrected chi connectivity index (χ1v) is 3.82. The fourth-order valence-corrected chi connectivity index (χ4v) is 1.27. The molecule has 0 heterocycles. The van der Waals surface area contributed by atoms with Crippen LogP contribution in [0, 0.1) is 12.3 Å². The molecule has 0 heteroatoms. The lowest BCUT2D eigenvalue weighted by molar-refractivity contribution is 0.600. The van der Waals surface area contributed by atoms with Gasteiger partial charge in [0.25, 0.3) is 0 Å². The lowest BCUT2D eigenvalue weighted by Crippen LogP contribution is -1.91. The van der Waals surface area contributed by atoms with Gasteiger partial charge in [-0.05, 0) is 31.3 Å². The lowest BCUT2D eigenvalue weighted by Gasteiger charge is -2.09. The maximum absolute atomic E-state index is 5.06. The van der Waals surface area contributed by atoms with E-state index in [0.29, 0.717) is 0 Å². The summed E-state index contributed by atoms with van der Waals surface area (Å²) in [5, 5.41) is 0. The molecule has 0 aromatic heterocycles.